The van der Waals surface area contributed by atoms with Gasteiger partial charge in [-0.1, -0.05) is 12.8 Å². The summed E-state index contributed by atoms with van der Waals surface area (Å²) in [6, 6.07) is 0. The van der Waals surface area contributed by atoms with Crippen molar-refractivity contribution in [1.82, 2.24) is 0 Å². The molecule has 66 valence electrons. The molecule has 0 bridgehead atoms. The van der Waals surface area contributed by atoms with E-state index in [9.17, 15) is 9.59 Å². The molecule has 0 aliphatic carbocycles. The number of Topliss-reactive ketones (excluding diaryl/α,β-unsaturated/α-hetero) is 2. The largest absolute Gasteiger partial charge is 0.300 e. The summed E-state index contributed by atoms with van der Waals surface area (Å²) in [5.41, 5.74) is 0. The Morgan fingerprint density at radius 3 is 2.25 bits per heavy atom. The normalized spacial score (nSPS) is 9.00. The van der Waals surface area contributed by atoms with E-state index in [1.807, 2.05) is 6.92 Å². The fourth-order valence-corrected chi connectivity index (χ4v) is 0.885. The Hall–Kier alpha value is -1.10. The summed E-state index contributed by atoms with van der Waals surface area (Å²) in [5.74, 6) is 2.41. The van der Waals surface area contributed by atoms with E-state index >= 15 is 0 Å². The molecule has 0 aliphatic rings. The van der Waals surface area contributed by atoms with Crippen LogP contribution in [0.25, 0.3) is 0 Å². The fraction of sp³-hybridized carbons (Fsp3) is 0.600. The predicted octanol–water partition coefficient (Wildman–Crippen LogP) is 1.73. The van der Waals surface area contributed by atoms with Crippen LogP contribution in [0.3, 0.4) is 0 Å². The quantitative estimate of drug-likeness (QED) is 0.563. The molecular weight excluding hydrogens is 152 g/mol. The zero-order chi connectivity index (χ0) is 9.40. The van der Waals surface area contributed by atoms with Crippen LogP contribution < -0.4 is 0 Å². The Kier molecular flexibility index (Phi) is 6.00. The zero-order valence-electron chi connectivity index (χ0n) is 7.43. The molecule has 0 saturated heterocycles. The van der Waals surface area contributed by atoms with E-state index in [-0.39, 0.29) is 18.0 Å². The lowest BCUT2D eigenvalue weighted by Gasteiger charge is -1.95. The van der Waals surface area contributed by atoms with E-state index in [0.717, 1.165) is 6.42 Å². The summed E-state index contributed by atoms with van der Waals surface area (Å²) >= 11 is 0. The number of terminal acetylenes is 1. The minimum atomic E-state index is -0.0121. The molecule has 0 spiro atoms. The first-order valence-corrected chi connectivity index (χ1v) is 4.17. The molecular formula is C10H14O2. The predicted molar refractivity (Wildman–Crippen MR) is 47.6 cm³/mol. The van der Waals surface area contributed by atoms with E-state index < -0.39 is 0 Å². The first-order chi connectivity index (χ1) is 5.70. The molecule has 0 aromatic heterocycles. The van der Waals surface area contributed by atoms with Crippen LogP contribution in [0.15, 0.2) is 0 Å². The highest BCUT2D eigenvalue weighted by atomic mass is 16.1. The Morgan fingerprint density at radius 1 is 1.17 bits per heavy atom. The van der Waals surface area contributed by atoms with Crippen molar-refractivity contribution in [1.29, 1.82) is 0 Å². The lowest BCUT2D eigenvalue weighted by molar-refractivity contribution is -0.123. The summed E-state index contributed by atoms with van der Waals surface area (Å²) in [4.78, 5) is 21.8. The van der Waals surface area contributed by atoms with Gasteiger partial charge >= 0.3 is 0 Å². The van der Waals surface area contributed by atoms with Gasteiger partial charge < -0.3 is 0 Å². The SMILES string of the molecule is C#CCC(=O)CCC(=O)CCC. The third kappa shape index (κ3) is 5.67. The smallest absolute Gasteiger partial charge is 0.145 e. The molecule has 0 unspecified atom stereocenters. The molecule has 0 atom stereocenters. The topological polar surface area (TPSA) is 34.1 Å². The molecule has 2 nitrogen and oxygen atoms in total. The first-order valence-electron chi connectivity index (χ1n) is 4.17. The van der Waals surface area contributed by atoms with Crippen LogP contribution in [0.1, 0.15) is 39.0 Å². The Morgan fingerprint density at radius 2 is 1.75 bits per heavy atom. The number of hydrogen-bond acceptors (Lipinski definition) is 2. The van der Waals surface area contributed by atoms with Crippen molar-refractivity contribution >= 4 is 11.6 Å². The lowest BCUT2D eigenvalue weighted by atomic mass is 10.1. The third-order valence-electron chi connectivity index (χ3n) is 1.51. The Labute approximate surface area is 73.3 Å². The average Bonchev–Trinajstić information content (AvgIpc) is 2.02. The van der Waals surface area contributed by atoms with Crippen molar-refractivity contribution in [2.45, 2.75) is 39.0 Å². The van der Waals surface area contributed by atoms with Crippen molar-refractivity contribution < 1.29 is 9.59 Å². The van der Waals surface area contributed by atoms with Crippen molar-refractivity contribution in [2.24, 2.45) is 0 Å². The van der Waals surface area contributed by atoms with Crippen molar-refractivity contribution in [3.05, 3.63) is 0 Å². The summed E-state index contributed by atoms with van der Waals surface area (Å²) in [6.07, 6.45) is 7.18. The lowest BCUT2D eigenvalue weighted by Crippen LogP contribution is -2.02. The van der Waals surface area contributed by atoms with Gasteiger partial charge in [0.1, 0.15) is 11.6 Å². The second-order valence-corrected chi connectivity index (χ2v) is 2.71. The van der Waals surface area contributed by atoms with Gasteiger partial charge in [-0.2, -0.15) is 0 Å². The standard InChI is InChI=1S/C10H14O2/c1-3-5-9(11)7-8-10(12)6-4-2/h1H,4-8H2,2H3. The molecule has 2 heteroatoms. The highest BCUT2D eigenvalue weighted by Crippen LogP contribution is 2.00. The van der Waals surface area contributed by atoms with E-state index in [4.69, 9.17) is 6.42 Å². The monoisotopic (exact) mass is 166 g/mol. The minimum Gasteiger partial charge on any atom is -0.300 e. The maximum absolute atomic E-state index is 10.9. The second kappa shape index (κ2) is 6.60. The summed E-state index contributed by atoms with van der Waals surface area (Å²) in [7, 11) is 0. The number of carbonyl (C=O) groups is 2. The number of carbonyl (C=O) groups excluding carboxylic acids is 2. The molecule has 0 heterocycles. The van der Waals surface area contributed by atoms with Gasteiger partial charge in [0.25, 0.3) is 0 Å². The van der Waals surface area contributed by atoms with Crippen LogP contribution in [-0.2, 0) is 9.59 Å². The average molecular weight is 166 g/mol. The van der Waals surface area contributed by atoms with Gasteiger partial charge in [0.05, 0.1) is 6.42 Å². The van der Waals surface area contributed by atoms with Gasteiger partial charge in [-0.3, -0.25) is 9.59 Å². The highest BCUT2D eigenvalue weighted by Gasteiger charge is 2.04. The van der Waals surface area contributed by atoms with E-state index in [1.165, 1.54) is 0 Å². The van der Waals surface area contributed by atoms with E-state index in [0.29, 0.717) is 19.3 Å². The molecule has 0 fully saturated rings. The van der Waals surface area contributed by atoms with Gasteiger partial charge in [-0.15, -0.1) is 6.42 Å². The Balaban J connectivity index is 3.48. The zero-order valence-corrected chi connectivity index (χ0v) is 7.43. The summed E-state index contributed by atoms with van der Waals surface area (Å²) in [6.45, 7) is 1.95. The second-order valence-electron chi connectivity index (χ2n) is 2.71. The van der Waals surface area contributed by atoms with Gasteiger partial charge in [0, 0.05) is 19.3 Å². The van der Waals surface area contributed by atoms with Crippen LogP contribution in [0, 0.1) is 12.3 Å². The summed E-state index contributed by atoms with van der Waals surface area (Å²) in [5, 5.41) is 0. The van der Waals surface area contributed by atoms with E-state index in [1.54, 1.807) is 0 Å². The molecule has 0 aromatic carbocycles. The van der Waals surface area contributed by atoms with Crippen molar-refractivity contribution in [3.63, 3.8) is 0 Å². The number of rotatable bonds is 6. The molecule has 0 saturated carbocycles. The molecule has 0 aromatic rings. The van der Waals surface area contributed by atoms with Crippen LogP contribution in [-0.4, -0.2) is 11.6 Å². The maximum Gasteiger partial charge on any atom is 0.145 e. The van der Waals surface area contributed by atoms with Crippen LogP contribution in [0.4, 0.5) is 0 Å². The van der Waals surface area contributed by atoms with Crippen LogP contribution in [0.5, 0.6) is 0 Å². The Bertz CT molecular complexity index is 198. The third-order valence-corrected chi connectivity index (χ3v) is 1.51. The molecule has 0 amide bonds. The van der Waals surface area contributed by atoms with Gasteiger partial charge in [-0.05, 0) is 6.42 Å². The number of ketones is 2. The van der Waals surface area contributed by atoms with Gasteiger partial charge in [0.2, 0.25) is 0 Å². The molecule has 0 aliphatic heterocycles. The number of hydrogen-bond donors (Lipinski definition) is 0. The molecule has 0 N–H and O–H groups in total. The van der Waals surface area contributed by atoms with E-state index in [2.05, 4.69) is 5.92 Å². The van der Waals surface area contributed by atoms with Gasteiger partial charge in [0.15, 0.2) is 0 Å². The van der Waals surface area contributed by atoms with Gasteiger partial charge in [-0.25, -0.2) is 0 Å². The molecule has 12 heavy (non-hydrogen) atoms. The minimum absolute atomic E-state index is 0.0121. The summed E-state index contributed by atoms with van der Waals surface area (Å²) < 4.78 is 0. The van der Waals surface area contributed by atoms with Crippen molar-refractivity contribution in [3.8, 4) is 12.3 Å². The van der Waals surface area contributed by atoms with Crippen LogP contribution in [0.2, 0.25) is 0 Å². The first kappa shape index (κ1) is 10.9. The highest BCUT2D eigenvalue weighted by molar-refractivity contribution is 5.86. The molecule has 0 rings (SSSR count). The van der Waals surface area contributed by atoms with Crippen molar-refractivity contribution in [2.75, 3.05) is 0 Å². The maximum atomic E-state index is 10.9. The van der Waals surface area contributed by atoms with Crippen LogP contribution >= 0.6 is 0 Å². The molecule has 0 radical (unpaired) electrons. The fourth-order valence-electron chi connectivity index (χ4n) is 0.885.